The van der Waals surface area contributed by atoms with Gasteiger partial charge in [-0.3, -0.25) is 0 Å². The van der Waals surface area contributed by atoms with Gasteiger partial charge >= 0.3 is 6.03 Å². The molecule has 0 spiro atoms. The van der Waals surface area contributed by atoms with Crippen LogP contribution in [0.15, 0.2) is 18.2 Å². The molecule has 0 bridgehead atoms. The summed E-state index contributed by atoms with van der Waals surface area (Å²) in [6, 6.07) is 2.89. The van der Waals surface area contributed by atoms with Gasteiger partial charge < -0.3 is 15.3 Å². The summed E-state index contributed by atoms with van der Waals surface area (Å²) in [5, 5.41) is 11.7. The Hall–Kier alpha value is -1.69. The summed E-state index contributed by atoms with van der Waals surface area (Å²) in [6.45, 7) is 8.50. The number of aliphatic hydroxyl groups excluding tert-OH is 1. The van der Waals surface area contributed by atoms with E-state index in [0.29, 0.717) is 19.5 Å². The van der Waals surface area contributed by atoms with E-state index >= 15 is 0 Å². The lowest BCUT2D eigenvalue weighted by Crippen LogP contribution is -2.45. The molecule has 130 valence electrons. The van der Waals surface area contributed by atoms with Gasteiger partial charge in [0.2, 0.25) is 0 Å². The fraction of sp³-hybridized carbons (Fsp3) is 0.588. The molecule has 1 atom stereocenters. The molecule has 1 rings (SSSR count). The molecule has 0 heterocycles. The van der Waals surface area contributed by atoms with Crippen molar-refractivity contribution >= 4 is 6.03 Å². The van der Waals surface area contributed by atoms with Crippen LogP contribution >= 0.6 is 0 Å². The second kappa shape index (κ2) is 8.24. The van der Waals surface area contributed by atoms with Crippen LogP contribution in [-0.4, -0.2) is 35.7 Å². The first kappa shape index (κ1) is 19.4. The minimum Gasteiger partial charge on any atom is -0.396 e. The van der Waals surface area contributed by atoms with E-state index in [4.69, 9.17) is 5.11 Å². The lowest BCUT2D eigenvalue weighted by atomic mass is 9.96. The van der Waals surface area contributed by atoms with Gasteiger partial charge in [0.15, 0.2) is 11.6 Å². The summed E-state index contributed by atoms with van der Waals surface area (Å²) in [4.78, 5) is 14.0. The maximum absolute atomic E-state index is 13.8. The Balaban J connectivity index is 2.82. The molecule has 1 aromatic carbocycles. The van der Waals surface area contributed by atoms with Crippen molar-refractivity contribution in [2.45, 2.75) is 40.2 Å². The highest BCUT2D eigenvalue weighted by molar-refractivity contribution is 5.74. The SMILES string of the molecule is CC(NC(=O)N(CCCO)CC(C)(C)C)c1cccc(F)c1F. The van der Waals surface area contributed by atoms with E-state index in [-0.39, 0.29) is 23.6 Å². The van der Waals surface area contributed by atoms with E-state index in [0.717, 1.165) is 6.07 Å². The van der Waals surface area contributed by atoms with Crippen LogP contribution < -0.4 is 5.32 Å². The molecule has 0 aliphatic rings. The zero-order valence-corrected chi connectivity index (χ0v) is 14.2. The lowest BCUT2D eigenvalue weighted by molar-refractivity contribution is 0.162. The monoisotopic (exact) mass is 328 g/mol. The number of nitrogens with zero attached hydrogens (tertiary/aromatic N) is 1. The van der Waals surface area contributed by atoms with Crippen molar-refractivity contribution in [1.29, 1.82) is 0 Å². The second-order valence-electron chi connectivity index (χ2n) is 6.87. The van der Waals surface area contributed by atoms with E-state index in [2.05, 4.69) is 5.32 Å². The predicted molar refractivity (Wildman–Crippen MR) is 86.0 cm³/mol. The minimum absolute atomic E-state index is 0.0119. The van der Waals surface area contributed by atoms with Crippen LogP contribution in [0.3, 0.4) is 0 Å². The first-order valence-corrected chi connectivity index (χ1v) is 7.76. The molecule has 6 heteroatoms. The normalized spacial score (nSPS) is 12.8. The third kappa shape index (κ3) is 6.14. The van der Waals surface area contributed by atoms with Crippen molar-refractivity contribution in [3.63, 3.8) is 0 Å². The number of rotatable bonds is 6. The van der Waals surface area contributed by atoms with Gasteiger partial charge in [0.1, 0.15) is 0 Å². The van der Waals surface area contributed by atoms with Gasteiger partial charge in [0, 0.05) is 25.3 Å². The van der Waals surface area contributed by atoms with Gasteiger partial charge in [0.25, 0.3) is 0 Å². The van der Waals surface area contributed by atoms with Gasteiger partial charge in [-0.2, -0.15) is 0 Å². The van der Waals surface area contributed by atoms with E-state index in [1.54, 1.807) is 11.8 Å². The molecule has 2 amide bonds. The smallest absolute Gasteiger partial charge is 0.317 e. The van der Waals surface area contributed by atoms with Gasteiger partial charge in [-0.25, -0.2) is 13.6 Å². The summed E-state index contributed by atoms with van der Waals surface area (Å²) in [5.74, 6) is -1.88. The average Bonchev–Trinajstić information content (AvgIpc) is 2.44. The Morgan fingerprint density at radius 1 is 1.35 bits per heavy atom. The van der Waals surface area contributed by atoms with Gasteiger partial charge in [-0.05, 0) is 24.8 Å². The molecule has 0 aromatic heterocycles. The highest BCUT2D eigenvalue weighted by Crippen LogP contribution is 2.20. The van der Waals surface area contributed by atoms with Crippen molar-refractivity contribution in [2.24, 2.45) is 5.41 Å². The minimum atomic E-state index is -0.946. The van der Waals surface area contributed by atoms with Crippen LogP contribution in [0, 0.1) is 17.0 Å². The number of benzene rings is 1. The molecule has 0 radical (unpaired) electrons. The second-order valence-corrected chi connectivity index (χ2v) is 6.87. The molecule has 1 aromatic rings. The van der Waals surface area contributed by atoms with Crippen molar-refractivity contribution in [1.82, 2.24) is 10.2 Å². The largest absolute Gasteiger partial charge is 0.396 e. The fourth-order valence-electron chi connectivity index (χ4n) is 2.30. The molecule has 0 saturated heterocycles. The molecule has 0 fully saturated rings. The Bertz CT molecular complexity index is 530. The van der Waals surface area contributed by atoms with E-state index in [1.165, 1.54) is 12.1 Å². The number of halogens is 2. The van der Waals surface area contributed by atoms with Crippen molar-refractivity contribution in [3.05, 3.63) is 35.4 Å². The predicted octanol–water partition coefficient (Wildman–Crippen LogP) is 3.47. The third-order valence-electron chi connectivity index (χ3n) is 3.33. The highest BCUT2D eigenvalue weighted by Gasteiger charge is 2.23. The van der Waals surface area contributed by atoms with Crippen LogP contribution in [0.5, 0.6) is 0 Å². The fourth-order valence-corrected chi connectivity index (χ4v) is 2.30. The van der Waals surface area contributed by atoms with Gasteiger partial charge in [-0.15, -0.1) is 0 Å². The van der Waals surface area contributed by atoms with E-state index < -0.39 is 17.7 Å². The van der Waals surface area contributed by atoms with E-state index in [9.17, 15) is 13.6 Å². The molecule has 0 aliphatic heterocycles. The number of carbonyl (C=O) groups excluding carboxylic acids is 1. The number of amides is 2. The summed E-state index contributed by atoms with van der Waals surface area (Å²) < 4.78 is 27.1. The summed E-state index contributed by atoms with van der Waals surface area (Å²) in [6.07, 6.45) is 0.464. The number of hydrogen-bond acceptors (Lipinski definition) is 2. The number of nitrogens with one attached hydrogen (secondary N) is 1. The Morgan fingerprint density at radius 2 is 2.00 bits per heavy atom. The topological polar surface area (TPSA) is 52.6 Å². The van der Waals surface area contributed by atoms with Crippen molar-refractivity contribution in [3.8, 4) is 0 Å². The molecule has 2 N–H and O–H groups in total. The number of aliphatic hydroxyl groups is 1. The average molecular weight is 328 g/mol. The quantitative estimate of drug-likeness (QED) is 0.840. The first-order chi connectivity index (χ1) is 10.7. The van der Waals surface area contributed by atoms with Crippen LogP contribution in [0.1, 0.15) is 45.7 Å². The molecular formula is C17H26F2N2O2. The van der Waals surface area contributed by atoms with Gasteiger partial charge in [0.05, 0.1) is 6.04 Å². The Kier molecular flexibility index (Phi) is 6.94. The Labute approximate surface area is 136 Å². The molecule has 0 saturated carbocycles. The molecule has 4 nitrogen and oxygen atoms in total. The summed E-state index contributed by atoms with van der Waals surface area (Å²) >= 11 is 0. The zero-order valence-electron chi connectivity index (χ0n) is 14.2. The number of urea groups is 1. The molecule has 23 heavy (non-hydrogen) atoms. The van der Waals surface area contributed by atoms with Gasteiger partial charge in [-0.1, -0.05) is 32.9 Å². The standard InChI is InChI=1S/C17H26F2N2O2/c1-12(13-7-5-8-14(18)15(13)19)20-16(23)21(9-6-10-22)11-17(2,3)4/h5,7-8,12,22H,6,9-11H2,1-4H3,(H,20,23). The maximum atomic E-state index is 13.8. The van der Waals surface area contributed by atoms with Crippen LogP contribution in [0.4, 0.5) is 13.6 Å². The van der Waals surface area contributed by atoms with Crippen LogP contribution in [-0.2, 0) is 0 Å². The third-order valence-corrected chi connectivity index (χ3v) is 3.33. The first-order valence-electron chi connectivity index (χ1n) is 7.76. The molecule has 0 aliphatic carbocycles. The maximum Gasteiger partial charge on any atom is 0.317 e. The number of hydrogen-bond donors (Lipinski definition) is 2. The van der Waals surface area contributed by atoms with Crippen molar-refractivity contribution < 1.29 is 18.7 Å². The zero-order chi connectivity index (χ0) is 17.6. The highest BCUT2D eigenvalue weighted by atomic mass is 19.2. The molecule has 1 unspecified atom stereocenters. The Morgan fingerprint density at radius 3 is 2.57 bits per heavy atom. The summed E-state index contributed by atoms with van der Waals surface area (Å²) in [5.41, 5.74) is -0.00337. The number of carbonyl (C=O) groups is 1. The van der Waals surface area contributed by atoms with Crippen LogP contribution in [0.25, 0.3) is 0 Å². The van der Waals surface area contributed by atoms with Crippen LogP contribution in [0.2, 0.25) is 0 Å². The molecular weight excluding hydrogens is 302 g/mol. The van der Waals surface area contributed by atoms with E-state index in [1.807, 2.05) is 20.8 Å². The summed E-state index contributed by atoms with van der Waals surface area (Å²) in [7, 11) is 0. The lowest BCUT2D eigenvalue weighted by Gasteiger charge is -2.31. The van der Waals surface area contributed by atoms with Crippen molar-refractivity contribution in [2.75, 3.05) is 19.7 Å².